The van der Waals surface area contributed by atoms with Crippen molar-refractivity contribution in [1.29, 1.82) is 0 Å². The minimum absolute atomic E-state index is 1.26. The first-order valence-corrected chi connectivity index (χ1v) is 6.11. The minimum atomic E-state index is 1.26. The Kier molecular flexibility index (Phi) is 6.64. The summed E-state index contributed by atoms with van der Waals surface area (Å²) in [6.45, 7) is 2.02. The van der Waals surface area contributed by atoms with Gasteiger partial charge in [-0.25, -0.2) is 0 Å². The molecule has 0 spiro atoms. The summed E-state index contributed by atoms with van der Waals surface area (Å²) >= 11 is 0. The summed E-state index contributed by atoms with van der Waals surface area (Å²) in [6.07, 6.45) is 13.1. The summed E-state index contributed by atoms with van der Waals surface area (Å²) in [5, 5.41) is 0. The van der Waals surface area contributed by atoms with Crippen LogP contribution in [0.3, 0.4) is 0 Å². The Morgan fingerprint density at radius 1 is 0.800 bits per heavy atom. The van der Waals surface area contributed by atoms with E-state index < -0.39 is 0 Å². The van der Waals surface area contributed by atoms with Crippen LogP contribution in [0.1, 0.15) is 51.0 Å². The van der Waals surface area contributed by atoms with Gasteiger partial charge >= 0.3 is 0 Å². The Labute approximate surface area is 94.0 Å². The molecule has 0 bridgehead atoms. The van der Waals surface area contributed by atoms with Gasteiger partial charge in [0.05, 0.1) is 0 Å². The van der Waals surface area contributed by atoms with Crippen molar-refractivity contribution in [2.24, 2.45) is 0 Å². The van der Waals surface area contributed by atoms with Gasteiger partial charge in [0.15, 0.2) is 0 Å². The van der Waals surface area contributed by atoms with E-state index in [2.05, 4.69) is 18.2 Å². The van der Waals surface area contributed by atoms with E-state index in [4.69, 9.17) is 0 Å². The molecule has 0 N–H and O–H groups in total. The summed E-state index contributed by atoms with van der Waals surface area (Å²) in [5.41, 5.74) is 1.26. The van der Waals surface area contributed by atoms with Crippen molar-refractivity contribution in [1.82, 2.24) is 0 Å². The fourth-order valence-corrected chi connectivity index (χ4v) is 1.82. The van der Waals surface area contributed by atoms with Crippen LogP contribution >= 0.6 is 0 Å². The standard InChI is InChI=1S/C9H10.C6H12/c1-2-6-9-7-4-3-5-8-9;1-2-4-6-5-3-1/h2-8H,1H3;1-6H2. The van der Waals surface area contributed by atoms with Crippen molar-refractivity contribution in [3.8, 4) is 0 Å². The molecule has 0 heterocycles. The first kappa shape index (κ1) is 12.0. The van der Waals surface area contributed by atoms with Crippen LogP contribution in [-0.4, -0.2) is 0 Å². The van der Waals surface area contributed by atoms with E-state index in [1.54, 1.807) is 0 Å². The van der Waals surface area contributed by atoms with Gasteiger partial charge in [-0.1, -0.05) is 81.0 Å². The molecule has 0 aromatic heterocycles. The van der Waals surface area contributed by atoms with E-state index in [1.807, 2.05) is 31.2 Å². The molecule has 0 aliphatic heterocycles. The van der Waals surface area contributed by atoms with E-state index >= 15 is 0 Å². The lowest BCUT2D eigenvalue weighted by molar-refractivity contribution is 0.504. The Balaban J connectivity index is 0.000000162. The molecule has 0 nitrogen and oxygen atoms in total. The summed E-state index contributed by atoms with van der Waals surface area (Å²) < 4.78 is 0. The quantitative estimate of drug-likeness (QED) is 0.597. The molecule has 0 atom stereocenters. The summed E-state index contributed by atoms with van der Waals surface area (Å²) in [4.78, 5) is 0. The fraction of sp³-hybridized carbons (Fsp3) is 0.467. The van der Waals surface area contributed by atoms with Crippen molar-refractivity contribution in [3.05, 3.63) is 42.0 Å². The summed E-state index contributed by atoms with van der Waals surface area (Å²) in [7, 11) is 0. The summed E-state index contributed by atoms with van der Waals surface area (Å²) in [5.74, 6) is 0. The van der Waals surface area contributed by atoms with Crippen LogP contribution in [-0.2, 0) is 0 Å². The lowest BCUT2D eigenvalue weighted by Gasteiger charge is -2.05. The average molecular weight is 202 g/mol. The van der Waals surface area contributed by atoms with Crippen LogP contribution < -0.4 is 0 Å². The molecule has 15 heavy (non-hydrogen) atoms. The first-order valence-electron chi connectivity index (χ1n) is 6.11. The maximum atomic E-state index is 2.08. The van der Waals surface area contributed by atoms with Crippen LogP contribution in [0.2, 0.25) is 0 Å². The van der Waals surface area contributed by atoms with Crippen molar-refractivity contribution in [3.63, 3.8) is 0 Å². The normalized spacial score (nSPS) is 15.8. The van der Waals surface area contributed by atoms with Gasteiger partial charge in [-0.15, -0.1) is 0 Å². The minimum Gasteiger partial charge on any atom is -0.0871 e. The smallest absolute Gasteiger partial charge is 0.0260 e. The molecule has 1 aromatic carbocycles. The van der Waals surface area contributed by atoms with Gasteiger partial charge < -0.3 is 0 Å². The second kappa shape index (κ2) is 8.28. The highest BCUT2D eigenvalue weighted by atomic mass is 14.0. The molecule has 0 radical (unpaired) electrons. The zero-order chi connectivity index (χ0) is 10.8. The van der Waals surface area contributed by atoms with Gasteiger partial charge in [0.2, 0.25) is 0 Å². The molecule has 82 valence electrons. The SMILES string of the molecule is C1CCCCC1.CC=Cc1ccccc1. The predicted molar refractivity (Wildman–Crippen MR) is 68.9 cm³/mol. The molecule has 2 rings (SSSR count). The molecule has 0 unspecified atom stereocenters. The van der Waals surface area contributed by atoms with E-state index in [0.717, 1.165) is 0 Å². The number of rotatable bonds is 1. The molecule has 0 heteroatoms. The second-order valence-corrected chi connectivity index (χ2v) is 4.03. The Morgan fingerprint density at radius 3 is 1.67 bits per heavy atom. The van der Waals surface area contributed by atoms with Crippen LogP contribution in [0.5, 0.6) is 0 Å². The first-order chi connectivity index (χ1) is 7.43. The van der Waals surface area contributed by atoms with Crippen molar-refractivity contribution >= 4 is 6.08 Å². The zero-order valence-electron chi connectivity index (χ0n) is 9.78. The second-order valence-electron chi connectivity index (χ2n) is 4.03. The van der Waals surface area contributed by atoms with Gasteiger partial charge in [0.25, 0.3) is 0 Å². The van der Waals surface area contributed by atoms with E-state index in [0.29, 0.717) is 0 Å². The molecule has 0 saturated heterocycles. The van der Waals surface area contributed by atoms with Gasteiger partial charge in [-0.2, -0.15) is 0 Å². The van der Waals surface area contributed by atoms with Crippen molar-refractivity contribution in [2.45, 2.75) is 45.4 Å². The molecule has 0 amide bonds. The number of hydrogen-bond acceptors (Lipinski definition) is 0. The van der Waals surface area contributed by atoms with Crippen LogP contribution in [0.25, 0.3) is 6.08 Å². The Hall–Kier alpha value is -1.04. The molecular formula is C15H22. The Bertz CT molecular complexity index is 243. The number of hydrogen-bond donors (Lipinski definition) is 0. The van der Waals surface area contributed by atoms with E-state index in [-0.39, 0.29) is 0 Å². The van der Waals surface area contributed by atoms with Crippen LogP contribution in [0.15, 0.2) is 36.4 Å². The monoisotopic (exact) mass is 202 g/mol. The highest BCUT2D eigenvalue weighted by molar-refractivity contribution is 5.47. The highest BCUT2D eigenvalue weighted by Crippen LogP contribution is 2.15. The average Bonchev–Trinajstić information content (AvgIpc) is 2.34. The molecule has 1 fully saturated rings. The zero-order valence-corrected chi connectivity index (χ0v) is 9.78. The van der Waals surface area contributed by atoms with Crippen molar-refractivity contribution in [2.75, 3.05) is 0 Å². The molecular weight excluding hydrogens is 180 g/mol. The topological polar surface area (TPSA) is 0 Å². The lowest BCUT2D eigenvalue weighted by atomic mass is 10.0. The molecule has 1 aliphatic rings. The largest absolute Gasteiger partial charge is 0.0871 e. The predicted octanol–water partition coefficient (Wildman–Crippen LogP) is 5.06. The maximum Gasteiger partial charge on any atom is -0.0260 e. The van der Waals surface area contributed by atoms with E-state index in [9.17, 15) is 0 Å². The summed E-state index contributed by atoms with van der Waals surface area (Å²) in [6, 6.07) is 10.3. The highest BCUT2D eigenvalue weighted by Gasteiger charge is 1.95. The van der Waals surface area contributed by atoms with Gasteiger partial charge in [-0.3, -0.25) is 0 Å². The molecule has 1 saturated carbocycles. The lowest BCUT2D eigenvalue weighted by Crippen LogP contribution is -1.85. The van der Waals surface area contributed by atoms with Crippen LogP contribution in [0.4, 0.5) is 0 Å². The third-order valence-corrected chi connectivity index (χ3v) is 2.66. The Morgan fingerprint density at radius 2 is 1.27 bits per heavy atom. The van der Waals surface area contributed by atoms with Gasteiger partial charge in [0, 0.05) is 0 Å². The third-order valence-electron chi connectivity index (χ3n) is 2.66. The third kappa shape index (κ3) is 6.11. The van der Waals surface area contributed by atoms with Gasteiger partial charge in [0.1, 0.15) is 0 Å². The molecule has 1 aromatic rings. The molecule has 1 aliphatic carbocycles. The fourth-order valence-electron chi connectivity index (χ4n) is 1.82. The number of allylic oxidation sites excluding steroid dienone is 1. The van der Waals surface area contributed by atoms with Crippen molar-refractivity contribution < 1.29 is 0 Å². The van der Waals surface area contributed by atoms with Crippen LogP contribution in [0, 0.1) is 0 Å². The number of benzene rings is 1. The van der Waals surface area contributed by atoms with E-state index in [1.165, 1.54) is 44.1 Å². The maximum absolute atomic E-state index is 2.08. The van der Waals surface area contributed by atoms with Gasteiger partial charge in [-0.05, 0) is 12.5 Å².